The zero-order chi connectivity index (χ0) is 28.3. The Balaban J connectivity index is 1.59. The van der Waals surface area contributed by atoms with Crippen LogP contribution >= 0.6 is 11.6 Å². The van der Waals surface area contributed by atoms with Gasteiger partial charge in [-0.1, -0.05) is 23.6 Å². The highest BCUT2D eigenvalue weighted by molar-refractivity contribution is 6.31. The van der Waals surface area contributed by atoms with Crippen molar-refractivity contribution in [1.29, 1.82) is 0 Å². The summed E-state index contributed by atoms with van der Waals surface area (Å²) in [6.45, 7) is 3.39. The van der Waals surface area contributed by atoms with E-state index in [1.807, 2.05) is 38.2 Å². The van der Waals surface area contributed by atoms with Crippen LogP contribution in [0.2, 0.25) is 5.02 Å². The maximum Gasteiger partial charge on any atom is 0.416 e. The molecule has 0 atom stereocenters. The first kappa shape index (κ1) is 28.0. The monoisotopic (exact) mass is 554 g/mol. The Labute approximate surface area is 229 Å². The Hall–Kier alpha value is -4.07. The molecule has 0 radical (unpaired) electrons. The highest BCUT2D eigenvalue weighted by Gasteiger charge is 2.31. The summed E-state index contributed by atoms with van der Waals surface area (Å²) < 4.78 is 41.1. The van der Waals surface area contributed by atoms with E-state index in [0.717, 1.165) is 31.0 Å². The predicted octanol–water partition coefficient (Wildman–Crippen LogP) is 5.36. The molecule has 0 aliphatic heterocycles. The SMILES string of the molecule is Cc1c(C#Cc2cnc3ccc(N(C)CCN(C)C)nn23)cccc1C(=O)Nc1cc(Cl)cc(C(F)(F)F)c1. The molecule has 4 rings (SSSR count). The number of hydrogen-bond donors (Lipinski definition) is 1. The summed E-state index contributed by atoms with van der Waals surface area (Å²) in [5.74, 6) is 6.35. The number of carbonyl (C=O) groups is 1. The number of alkyl halides is 3. The van der Waals surface area contributed by atoms with Crippen LogP contribution in [0.3, 0.4) is 0 Å². The lowest BCUT2D eigenvalue weighted by Gasteiger charge is -2.20. The smallest absolute Gasteiger partial charge is 0.357 e. The number of nitrogens with zero attached hydrogens (tertiary/aromatic N) is 5. The Bertz CT molecular complexity index is 1590. The van der Waals surface area contributed by atoms with Crippen molar-refractivity contribution in [3.05, 3.63) is 87.7 Å². The third kappa shape index (κ3) is 6.69. The van der Waals surface area contributed by atoms with E-state index in [1.54, 1.807) is 35.8 Å². The molecule has 0 saturated carbocycles. The van der Waals surface area contributed by atoms with Gasteiger partial charge in [0, 0.05) is 42.0 Å². The van der Waals surface area contributed by atoms with Crippen molar-refractivity contribution in [2.24, 2.45) is 0 Å². The molecule has 0 fully saturated rings. The molecule has 0 aliphatic carbocycles. The molecule has 202 valence electrons. The van der Waals surface area contributed by atoms with Crippen molar-refractivity contribution in [2.45, 2.75) is 13.1 Å². The lowest BCUT2D eigenvalue weighted by Crippen LogP contribution is -2.29. The first-order chi connectivity index (χ1) is 18.4. The number of amides is 1. The number of anilines is 2. The Kier molecular flexibility index (Phi) is 8.14. The third-order valence-electron chi connectivity index (χ3n) is 6.01. The van der Waals surface area contributed by atoms with Gasteiger partial charge in [-0.15, -0.1) is 5.10 Å². The first-order valence-corrected chi connectivity index (χ1v) is 12.3. The van der Waals surface area contributed by atoms with Crippen molar-refractivity contribution < 1.29 is 18.0 Å². The summed E-state index contributed by atoms with van der Waals surface area (Å²) in [6.07, 6.45) is -2.97. The average Bonchev–Trinajstić information content (AvgIpc) is 3.28. The number of benzene rings is 2. The van der Waals surface area contributed by atoms with Crippen molar-refractivity contribution in [3.8, 4) is 11.8 Å². The van der Waals surface area contributed by atoms with Gasteiger partial charge >= 0.3 is 6.18 Å². The van der Waals surface area contributed by atoms with E-state index in [9.17, 15) is 18.0 Å². The first-order valence-electron chi connectivity index (χ1n) is 11.9. The molecule has 0 bridgehead atoms. The van der Waals surface area contributed by atoms with Gasteiger partial charge in [0.2, 0.25) is 0 Å². The van der Waals surface area contributed by atoms with Crippen molar-refractivity contribution in [3.63, 3.8) is 0 Å². The van der Waals surface area contributed by atoms with Crippen LogP contribution in [0.1, 0.15) is 32.7 Å². The Morgan fingerprint density at radius 3 is 2.56 bits per heavy atom. The largest absolute Gasteiger partial charge is 0.416 e. The molecular weight excluding hydrogens is 529 g/mol. The highest BCUT2D eigenvalue weighted by atomic mass is 35.5. The molecule has 0 aliphatic rings. The number of imidazole rings is 1. The molecule has 0 saturated heterocycles. The fourth-order valence-corrected chi connectivity index (χ4v) is 4.02. The van der Waals surface area contributed by atoms with Gasteiger partial charge in [-0.05, 0) is 75.0 Å². The number of hydrogen-bond acceptors (Lipinski definition) is 5. The van der Waals surface area contributed by atoms with E-state index in [0.29, 0.717) is 22.5 Å². The van der Waals surface area contributed by atoms with E-state index in [4.69, 9.17) is 11.6 Å². The molecule has 0 unspecified atom stereocenters. The Morgan fingerprint density at radius 2 is 1.85 bits per heavy atom. The van der Waals surface area contributed by atoms with Gasteiger partial charge in [-0.2, -0.15) is 13.2 Å². The summed E-state index contributed by atoms with van der Waals surface area (Å²) in [5.41, 5.74) is 1.64. The van der Waals surface area contributed by atoms with Crippen LogP contribution in [0.4, 0.5) is 24.7 Å². The van der Waals surface area contributed by atoms with E-state index < -0.39 is 17.6 Å². The fraction of sp³-hybridized carbons (Fsp3) is 0.250. The maximum absolute atomic E-state index is 13.1. The number of rotatable bonds is 6. The van der Waals surface area contributed by atoms with Crippen LogP contribution in [0.15, 0.2) is 54.7 Å². The molecule has 1 amide bonds. The maximum atomic E-state index is 13.1. The molecule has 0 spiro atoms. The zero-order valence-electron chi connectivity index (χ0n) is 21.8. The summed E-state index contributed by atoms with van der Waals surface area (Å²) in [4.78, 5) is 21.5. The Morgan fingerprint density at radius 1 is 1.08 bits per heavy atom. The minimum Gasteiger partial charge on any atom is -0.357 e. The number of halogens is 4. The summed E-state index contributed by atoms with van der Waals surface area (Å²) in [5, 5.41) is 7.05. The average molecular weight is 555 g/mol. The standard InChI is InChI=1S/C28H26ClF3N6O/c1-18-19(6-5-7-24(18)27(39)34-22-15-20(28(30,31)32)14-21(29)16-22)8-9-23-17-33-25-10-11-26(35-38(23)25)37(4)13-12-36(2)3/h5-7,10-11,14-17H,12-13H2,1-4H3,(H,34,39). The normalized spacial score (nSPS) is 11.4. The molecule has 11 heteroatoms. The molecule has 7 nitrogen and oxygen atoms in total. The van der Waals surface area contributed by atoms with Gasteiger partial charge in [0.15, 0.2) is 5.65 Å². The van der Waals surface area contributed by atoms with Gasteiger partial charge in [-0.3, -0.25) is 4.79 Å². The topological polar surface area (TPSA) is 65.8 Å². The second kappa shape index (κ2) is 11.4. The van der Waals surface area contributed by atoms with Crippen molar-refractivity contribution in [1.82, 2.24) is 19.5 Å². The van der Waals surface area contributed by atoms with Gasteiger partial charge in [0.25, 0.3) is 5.91 Å². The van der Waals surface area contributed by atoms with Crippen LogP contribution in [0.25, 0.3) is 5.65 Å². The molecule has 39 heavy (non-hydrogen) atoms. The second-order valence-electron chi connectivity index (χ2n) is 9.24. The number of aromatic nitrogens is 3. The molecule has 2 aromatic carbocycles. The number of fused-ring (bicyclic) bond motifs is 1. The molecule has 2 aromatic heterocycles. The minimum atomic E-state index is -4.59. The van der Waals surface area contributed by atoms with Gasteiger partial charge in [0.1, 0.15) is 11.5 Å². The summed E-state index contributed by atoms with van der Waals surface area (Å²) in [6, 6.07) is 11.7. The number of likely N-dealkylation sites (N-methyl/N-ethyl adjacent to an activating group) is 2. The van der Waals surface area contributed by atoms with Crippen LogP contribution in [-0.2, 0) is 6.18 Å². The third-order valence-corrected chi connectivity index (χ3v) is 6.23. The number of nitrogens with one attached hydrogen (secondary N) is 1. The fourth-order valence-electron chi connectivity index (χ4n) is 3.79. The minimum absolute atomic E-state index is 0.0566. The van der Waals surface area contributed by atoms with Crippen LogP contribution in [0, 0.1) is 18.8 Å². The number of carbonyl (C=O) groups excluding carboxylic acids is 1. The van der Waals surface area contributed by atoms with E-state index in [-0.39, 0.29) is 16.3 Å². The van der Waals surface area contributed by atoms with Crippen molar-refractivity contribution in [2.75, 3.05) is 44.4 Å². The molecular formula is C28H26ClF3N6O. The summed E-state index contributed by atoms with van der Waals surface area (Å²) >= 11 is 5.84. The molecule has 1 N–H and O–H groups in total. The predicted molar refractivity (Wildman–Crippen MR) is 146 cm³/mol. The van der Waals surface area contributed by atoms with Gasteiger partial charge < -0.3 is 15.1 Å². The zero-order valence-corrected chi connectivity index (χ0v) is 22.5. The van der Waals surface area contributed by atoms with E-state index in [1.165, 1.54) is 6.07 Å². The lowest BCUT2D eigenvalue weighted by atomic mass is 10.0. The van der Waals surface area contributed by atoms with E-state index >= 15 is 0 Å². The van der Waals surface area contributed by atoms with Crippen LogP contribution in [-0.4, -0.2) is 59.6 Å². The lowest BCUT2D eigenvalue weighted by molar-refractivity contribution is -0.137. The van der Waals surface area contributed by atoms with Crippen molar-refractivity contribution >= 4 is 34.7 Å². The molecule has 4 aromatic rings. The molecule has 2 heterocycles. The van der Waals surface area contributed by atoms with Gasteiger partial charge in [0.05, 0.1) is 11.8 Å². The van der Waals surface area contributed by atoms with E-state index in [2.05, 4.69) is 32.1 Å². The summed E-state index contributed by atoms with van der Waals surface area (Å²) in [7, 11) is 5.98. The quantitative estimate of drug-likeness (QED) is 0.325. The van der Waals surface area contributed by atoms with Crippen LogP contribution in [0.5, 0.6) is 0 Å². The second-order valence-corrected chi connectivity index (χ2v) is 9.67. The van der Waals surface area contributed by atoms with Crippen LogP contribution < -0.4 is 10.2 Å². The highest BCUT2D eigenvalue weighted by Crippen LogP contribution is 2.33. The van der Waals surface area contributed by atoms with Gasteiger partial charge in [-0.25, -0.2) is 9.50 Å².